The first-order chi connectivity index (χ1) is 20.8. The number of likely N-dealkylation sites (N-methyl/N-ethyl adjacent to an activating group) is 1. The highest BCUT2D eigenvalue weighted by Crippen LogP contribution is 2.42. The van der Waals surface area contributed by atoms with Crippen LogP contribution in [0.1, 0.15) is 75.3 Å². The van der Waals surface area contributed by atoms with E-state index in [0.29, 0.717) is 19.4 Å². The number of aliphatic imine (C=N–C) groups is 1. The van der Waals surface area contributed by atoms with Gasteiger partial charge in [-0.3, -0.25) is 15.4 Å². The van der Waals surface area contributed by atoms with Gasteiger partial charge in [0, 0.05) is 43.7 Å². The monoisotopic (exact) mass is 590 g/mol. The Kier molecular flexibility index (Phi) is 8.94. The van der Waals surface area contributed by atoms with Crippen LogP contribution in [-0.2, 0) is 12.5 Å². The number of hydrogen-bond acceptors (Lipinski definition) is 6. The highest BCUT2D eigenvalue weighted by atomic mass is 19.3. The number of hydrogen-bond donors (Lipinski definition) is 1. The quantitative estimate of drug-likeness (QED) is 0.391. The summed E-state index contributed by atoms with van der Waals surface area (Å²) < 4.78 is 31.6. The van der Waals surface area contributed by atoms with Crippen LogP contribution in [0.5, 0.6) is 0 Å². The van der Waals surface area contributed by atoms with Gasteiger partial charge >= 0.3 is 0 Å². The van der Waals surface area contributed by atoms with E-state index in [1.165, 1.54) is 32.1 Å². The summed E-state index contributed by atoms with van der Waals surface area (Å²) in [6, 6.07) is 6.93. The van der Waals surface area contributed by atoms with Crippen molar-refractivity contribution in [3.05, 3.63) is 83.0 Å². The fraction of sp³-hybridized carbons (Fsp3) is 0.571. The third-order valence-corrected chi connectivity index (χ3v) is 10.0. The van der Waals surface area contributed by atoms with Crippen molar-refractivity contribution < 1.29 is 8.78 Å². The molecule has 7 rings (SSSR count). The molecule has 0 aromatic heterocycles. The third-order valence-electron chi connectivity index (χ3n) is 10.0. The summed E-state index contributed by atoms with van der Waals surface area (Å²) in [5, 5.41) is 1.92. The normalized spacial score (nSPS) is 27.3. The van der Waals surface area contributed by atoms with Crippen LogP contribution in [0, 0.1) is 5.92 Å². The minimum atomic E-state index is -2.85. The second kappa shape index (κ2) is 12.8. The van der Waals surface area contributed by atoms with Crippen molar-refractivity contribution >= 4 is 5.84 Å². The number of amidine groups is 1. The van der Waals surface area contributed by atoms with E-state index in [1.807, 2.05) is 18.1 Å². The SMILES string of the molecule is C=C1C2=C3C=C(N4CCCCC4)C(=C)N2CCCCCCCN2CCC(CC2)C(F)(F)c2cccc(c2)CN=C3NN1C. The van der Waals surface area contributed by atoms with Crippen LogP contribution in [0.2, 0.25) is 0 Å². The molecule has 1 aromatic carbocycles. The Hall–Kier alpha value is -3.13. The van der Waals surface area contributed by atoms with Gasteiger partial charge < -0.3 is 14.7 Å². The third kappa shape index (κ3) is 6.26. The topological polar surface area (TPSA) is 37.4 Å². The van der Waals surface area contributed by atoms with Gasteiger partial charge in [0.1, 0.15) is 5.84 Å². The standard InChI is InChI=1S/C35H48F2N6/c1-26-32(42-18-9-7-10-19-42)24-31-33-27(2)40(3)39-34(31)38-25-28-13-12-14-30(23-28)35(36,37)29-15-21-41(22-16-29)17-8-5-4-6-11-20-43(26)33/h12-14,23-24,29H,1-2,4-11,15-22,25H2,3H3,(H,38,39). The lowest BCUT2D eigenvalue weighted by Gasteiger charge is -2.45. The van der Waals surface area contributed by atoms with E-state index in [4.69, 9.17) is 4.99 Å². The van der Waals surface area contributed by atoms with Crippen LogP contribution >= 0.6 is 0 Å². The van der Waals surface area contributed by atoms with E-state index in [0.717, 1.165) is 98.3 Å². The average Bonchev–Trinajstić information content (AvgIpc) is 3.02. The number of benzene rings is 1. The Morgan fingerprint density at radius 1 is 0.860 bits per heavy atom. The predicted octanol–water partition coefficient (Wildman–Crippen LogP) is 6.77. The second-order valence-electron chi connectivity index (χ2n) is 12.9. The first-order valence-corrected chi connectivity index (χ1v) is 16.4. The molecule has 8 heteroatoms. The molecule has 0 saturated carbocycles. The van der Waals surface area contributed by atoms with Crippen LogP contribution < -0.4 is 5.43 Å². The van der Waals surface area contributed by atoms with Gasteiger partial charge in [-0.15, -0.1) is 0 Å². The molecule has 232 valence electrons. The fourth-order valence-electron chi connectivity index (χ4n) is 7.36. The molecule has 0 radical (unpaired) electrons. The van der Waals surface area contributed by atoms with E-state index >= 15 is 8.78 Å². The van der Waals surface area contributed by atoms with Crippen LogP contribution in [0.15, 0.2) is 76.9 Å². The molecule has 6 aliphatic rings. The summed E-state index contributed by atoms with van der Waals surface area (Å²) in [5.74, 6) is -2.72. The minimum absolute atomic E-state index is 0.115. The second-order valence-corrected chi connectivity index (χ2v) is 12.9. The zero-order valence-corrected chi connectivity index (χ0v) is 25.9. The van der Waals surface area contributed by atoms with Gasteiger partial charge in [0.2, 0.25) is 0 Å². The van der Waals surface area contributed by atoms with Crippen LogP contribution in [-0.4, -0.2) is 71.9 Å². The molecule has 0 unspecified atom stereocenters. The van der Waals surface area contributed by atoms with Crippen molar-refractivity contribution in [3.63, 3.8) is 0 Å². The first kappa shape index (κ1) is 29.9. The summed E-state index contributed by atoms with van der Waals surface area (Å²) >= 11 is 0. The number of alkyl halides is 2. The summed E-state index contributed by atoms with van der Waals surface area (Å²) in [7, 11) is 1.96. The van der Waals surface area contributed by atoms with Crippen LogP contribution in [0.25, 0.3) is 0 Å². The molecule has 2 fully saturated rings. The number of nitrogens with zero attached hydrogens (tertiary/aromatic N) is 5. The zero-order valence-electron chi connectivity index (χ0n) is 25.9. The molecule has 43 heavy (non-hydrogen) atoms. The van der Waals surface area contributed by atoms with Crippen molar-refractivity contribution in [2.75, 3.05) is 46.3 Å². The number of likely N-dealkylation sites (tertiary alicyclic amines) is 1. The molecule has 1 aromatic rings. The fourth-order valence-corrected chi connectivity index (χ4v) is 7.36. The molecule has 2 saturated heterocycles. The Balaban J connectivity index is 1.37. The van der Waals surface area contributed by atoms with Crippen LogP contribution in [0.4, 0.5) is 8.78 Å². The number of hydrazine groups is 1. The Bertz CT molecular complexity index is 1300. The predicted molar refractivity (Wildman–Crippen MR) is 170 cm³/mol. The summed E-state index contributed by atoms with van der Waals surface area (Å²) in [6.45, 7) is 14.8. The van der Waals surface area contributed by atoms with Gasteiger partial charge in [0.25, 0.3) is 5.92 Å². The van der Waals surface area contributed by atoms with Gasteiger partial charge in [-0.1, -0.05) is 50.6 Å². The van der Waals surface area contributed by atoms with E-state index < -0.39 is 11.8 Å². The van der Waals surface area contributed by atoms with Gasteiger partial charge in [0.05, 0.1) is 29.3 Å². The van der Waals surface area contributed by atoms with E-state index in [9.17, 15) is 0 Å². The largest absolute Gasteiger partial charge is 0.370 e. The molecule has 6 aliphatic heterocycles. The highest BCUT2D eigenvalue weighted by molar-refractivity contribution is 6.03. The molecule has 1 N–H and O–H groups in total. The summed E-state index contributed by atoms with van der Waals surface area (Å²) in [4.78, 5) is 12.2. The van der Waals surface area contributed by atoms with Gasteiger partial charge in [-0.05, 0) is 82.3 Å². The van der Waals surface area contributed by atoms with E-state index in [2.05, 4.69) is 39.4 Å². The Morgan fingerprint density at radius 3 is 2.30 bits per heavy atom. The summed E-state index contributed by atoms with van der Waals surface area (Å²) in [6.07, 6.45) is 12.7. The lowest BCUT2D eigenvalue weighted by molar-refractivity contribution is -0.0855. The van der Waals surface area contributed by atoms with Crippen molar-refractivity contribution in [1.82, 2.24) is 25.1 Å². The highest BCUT2D eigenvalue weighted by Gasteiger charge is 2.42. The maximum absolute atomic E-state index is 15.8. The smallest absolute Gasteiger partial charge is 0.276 e. The van der Waals surface area contributed by atoms with E-state index in [-0.39, 0.29) is 5.56 Å². The minimum Gasteiger partial charge on any atom is -0.370 e. The van der Waals surface area contributed by atoms with Gasteiger partial charge in [0.15, 0.2) is 0 Å². The first-order valence-electron chi connectivity index (χ1n) is 16.4. The number of fused-ring (bicyclic) bond motifs is 9. The maximum atomic E-state index is 15.8. The number of rotatable bonds is 1. The molecule has 6 nitrogen and oxygen atoms in total. The number of nitrogens with one attached hydrogen (secondary N) is 1. The van der Waals surface area contributed by atoms with Crippen molar-refractivity contribution in [3.8, 4) is 0 Å². The molecule has 6 heterocycles. The molecular weight excluding hydrogens is 542 g/mol. The lowest BCUT2D eigenvalue weighted by Crippen LogP contribution is -2.49. The Labute approximate surface area is 256 Å². The maximum Gasteiger partial charge on any atom is 0.276 e. The average molecular weight is 591 g/mol. The molecule has 0 amide bonds. The summed E-state index contributed by atoms with van der Waals surface area (Å²) in [5.41, 5.74) is 9.47. The molecule has 0 atom stereocenters. The van der Waals surface area contributed by atoms with E-state index in [1.54, 1.807) is 18.2 Å². The van der Waals surface area contributed by atoms with Crippen molar-refractivity contribution in [1.29, 1.82) is 0 Å². The van der Waals surface area contributed by atoms with Crippen molar-refractivity contribution in [2.45, 2.75) is 76.7 Å². The number of halogens is 2. The molecule has 8 bridgehead atoms. The van der Waals surface area contributed by atoms with Gasteiger partial charge in [-0.25, -0.2) is 8.78 Å². The zero-order chi connectivity index (χ0) is 30.0. The molecular formula is C35H48F2N6. The van der Waals surface area contributed by atoms with Crippen molar-refractivity contribution in [2.24, 2.45) is 10.9 Å². The molecule has 0 spiro atoms. The number of piperidine rings is 2. The van der Waals surface area contributed by atoms with Gasteiger partial charge in [-0.2, -0.15) is 0 Å². The van der Waals surface area contributed by atoms with Crippen LogP contribution in [0.3, 0.4) is 0 Å². The lowest BCUT2D eigenvalue weighted by atomic mass is 9.86. The Morgan fingerprint density at radius 2 is 1.53 bits per heavy atom. The molecule has 0 aliphatic carbocycles.